The van der Waals surface area contributed by atoms with Crippen LogP contribution >= 0.6 is 15.9 Å². The van der Waals surface area contributed by atoms with Crippen molar-refractivity contribution in [1.82, 2.24) is 14.9 Å². The van der Waals surface area contributed by atoms with Gasteiger partial charge in [-0.3, -0.25) is 4.90 Å². The van der Waals surface area contributed by atoms with E-state index in [0.717, 1.165) is 36.4 Å². The van der Waals surface area contributed by atoms with E-state index in [-0.39, 0.29) is 16.8 Å². The molecule has 5 heteroatoms. The minimum absolute atomic E-state index is 0.0928. The highest BCUT2D eigenvalue weighted by atomic mass is 79.9. The largest absolute Gasteiger partial charge is 0.340 e. The Morgan fingerprint density at radius 2 is 1.59 bits per heavy atom. The summed E-state index contributed by atoms with van der Waals surface area (Å²) < 4.78 is 14.8. The van der Waals surface area contributed by atoms with Crippen LogP contribution in [0.4, 0.5) is 4.39 Å². The number of benzene rings is 1. The van der Waals surface area contributed by atoms with Crippen molar-refractivity contribution in [1.29, 1.82) is 0 Å². The first-order chi connectivity index (χ1) is 15.5. The van der Waals surface area contributed by atoms with Crippen molar-refractivity contribution >= 4 is 27.0 Å². The normalized spacial score (nSPS) is 21.1. The number of imidazole rings is 1. The third-order valence-corrected chi connectivity index (χ3v) is 8.49. The van der Waals surface area contributed by atoms with Gasteiger partial charge in [0.2, 0.25) is 0 Å². The minimum atomic E-state index is -0.229. The molecule has 2 aromatic rings. The van der Waals surface area contributed by atoms with E-state index < -0.39 is 0 Å². The minimum Gasteiger partial charge on any atom is -0.340 e. The molecule has 0 unspecified atom stereocenters. The van der Waals surface area contributed by atoms with Crippen molar-refractivity contribution in [2.45, 2.75) is 110 Å². The lowest BCUT2D eigenvalue weighted by atomic mass is 9.61. The zero-order valence-corrected chi connectivity index (χ0v) is 22.3. The molecule has 0 saturated carbocycles. The standard InChI is InChI=1S/C27H43BrFN3/c1-5-9-13-26(14-10-6-2)16-18-32(17-12-8-4)27(26,15-11-7-3)25-30-23-19-21(28)22(29)20-24(23)31-25/h19-20H,5-18H2,1-4H3,(H,30,31)/t27-/m1/s1. The topological polar surface area (TPSA) is 31.9 Å². The number of hydrogen-bond acceptors (Lipinski definition) is 2. The highest BCUT2D eigenvalue weighted by Crippen LogP contribution is 2.59. The molecule has 0 radical (unpaired) electrons. The molecule has 1 N–H and O–H groups in total. The average Bonchev–Trinajstić information content (AvgIpc) is 3.33. The van der Waals surface area contributed by atoms with Crippen molar-refractivity contribution < 1.29 is 4.39 Å². The first-order valence-corrected chi connectivity index (χ1v) is 13.9. The number of hydrogen-bond donors (Lipinski definition) is 1. The van der Waals surface area contributed by atoms with Crippen LogP contribution in [0.15, 0.2) is 16.6 Å². The van der Waals surface area contributed by atoms with E-state index in [1.807, 2.05) is 6.07 Å². The summed E-state index contributed by atoms with van der Waals surface area (Å²) in [6.07, 6.45) is 14.7. The van der Waals surface area contributed by atoms with Gasteiger partial charge in [0, 0.05) is 6.07 Å². The van der Waals surface area contributed by atoms with Gasteiger partial charge in [-0.2, -0.15) is 0 Å². The predicted octanol–water partition coefficient (Wildman–Crippen LogP) is 8.72. The lowest BCUT2D eigenvalue weighted by Crippen LogP contribution is -2.52. The Bertz CT molecular complexity index is 817. The predicted molar refractivity (Wildman–Crippen MR) is 138 cm³/mol. The summed E-state index contributed by atoms with van der Waals surface area (Å²) in [6, 6.07) is 3.44. The second kappa shape index (κ2) is 11.5. The quantitative estimate of drug-likeness (QED) is 0.293. The van der Waals surface area contributed by atoms with E-state index in [1.54, 1.807) is 6.07 Å². The fraction of sp³-hybridized carbons (Fsp3) is 0.741. The van der Waals surface area contributed by atoms with Crippen LogP contribution in [-0.2, 0) is 5.54 Å². The molecule has 1 aromatic heterocycles. The lowest BCUT2D eigenvalue weighted by Gasteiger charge is -2.50. The number of unbranched alkanes of at least 4 members (excludes halogenated alkanes) is 4. The molecular formula is C27H43BrFN3. The summed E-state index contributed by atoms with van der Waals surface area (Å²) in [5.41, 5.74) is 1.82. The molecule has 1 aliphatic heterocycles. The monoisotopic (exact) mass is 507 g/mol. The Kier molecular flexibility index (Phi) is 9.20. The second-order valence-electron chi connectivity index (χ2n) is 9.91. The highest BCUT2D eigenvalue weighted by Gasteiger charge is 2.59. The van der Waals surface area contributed by atoms with Crippen LogP contribution in [-0.4, -0.2) is 28.0 Å². The van der Waals surface area contributed by atoms with Crippen LogP contribution in [0.2, 0.25) is 0 Å². The van der Waals surface area contributed by atoms with Gasteiger partial charge in [0.1, 0.15) is 11.6 Å². The van der Waals surface area contributed by atoms with Crippen LogP contribution in [0, 0.1) is 11.2 Å². The lowest BCUT2D eigenvalue weighted by molar-refractivity contribution is -0.00482. The Hall–Kier alpha value is -0.940. The van der Waals surface area contributed by atoms with Crippen LogP contribution in [0.3, 0.4) is 0 Å². The Morgan fingerprint density at radius 3 is 2.22 bits per heavy atom. The van der Waals surface area contributed by atoms with E-state index >= 15 is 0 Å². The fourth-order valence-electron chi connectivity index (χ4n) is 6.13. The van der Waals surface area contributed by atoms with Crippen molar-refractivity contribution in [3.05, 3.63) is 28.2 Å². The van der Waals surface area contributed by atoms with Gasteiger partial charge in [0.25, 0.3) is 0 Å². The maximum atomic E-state index is 14.4. The summed E-state index contributed by atoms with van der Waals surface area (Å²) in [4.78, 5) is 11.6. The molecule has 32 heavy (non-hydrogen) atoms. The first kappa shape index (κ1) is 25.7. The summed E-state index contributed by atoms with van der Waals surface area (Å²) in [5.74, 6) is 0.854. The Morgan fingerprint density at radius 1 is 0.969 bits per heavy atom. The molecule has 1 aromatic carbocycles. The smallest absolute Gasteiger partial charge is 0.139 e. The van der Waals surface area contributed by atoms with Crippen LogP contribution in [0.1, 0.15) is 111 Å². The van der Waals surface area contributed by atoms with Crippen molar-refractivity contribution in [2.24, 2.45) is 5.41 Å². The molecule has 0 spiro atoms. The highest BCUT2D eigenvalue weighted by molar-refractivity contribution is 9.10. The summed E-state index contributed by atoms with van der Waals surface area (Å²) in [5, 5.41) is 0. The van der Waals surface area contributed by atoms with E-state index in [1.165, 1.54) is 70.6 Å². The molecule has 2 heterocycles. The Labute approximate surface area is 203 Å². The van der Waals surface area contributed by atoms with E-state index in [2.05, 4.69) is 53.5 Å². The summed E-state index contributed by atoms with van der Waals surface area (Å²) in [7, 11) is 0. The molecule has 0 amide bonds. The maximum Gasteiger partial charge on any atom is 0.139 e. The van der Waals surface area contributed by atoms with Gasteiger partial charge in [0.15, 0.2) is 0 Å². The number of aromatic nitrogens is 2. The molecule has 0 aliphatic carbocycles. The number of aromatic amines is 1. The second-order valence-corrected chi connectivity index (χ2v) is 10.8. The van der Waals surface area contributed by atoms with E-state index in [9.17, 15) is 4.39 Å². The van der Waals surface area contributed by atoms with Crippen LogP contribution in [0.25, 0.3) is 11.0 Å². The van der Waals surface area contributed by atoms with Gasteiger partial charge in [-0.25, -0.2) is 9.37 Å². The Balaban J connectivity index is 2.21. The van der Waals surface area contributed by atoms with Gasteiger partial charge in [-0.05, 0) is 72.6 Å². The van der Waals surface area contributed by atoms with Crippen LogP contribution in [0.5, 0.6) is 0 Å². The number of H-pyrrole nitrogens is 1. The number of nitrogens with zero attached hydrogens (tertiary/aromatic N) is 2. The zero-order valence-electron chi connectivity index (χ0n) is 20.7. The molecule has 3 rings (SSSR count). The molecule has 3 nitrogen and oxygen atoms in total. The van der Waals surface area contributed by atoms with Crippen molar-refractivity contribution in [3.63, 3.8) is 0 Å². The van der Waals surface area contributed by atoms with Gasteiger partial charge in [-0.1, -0.05) is 72.6 Å². The SMILES string of the molecule is CCCCN1CCC(CCCC)(CCCC)[C@@]1(CCCC)c1nc2cc(Br)c(F)cc2[nH]1. The van der Waals surface area contributed by atoms with Gasteiger partial charge >= 0.3 is 0 Å². The number of rotatable bonds is 13. The zero-order chi connectivity index (χ0) is 23.2. The number of likely N-dealkylation sites (tertiary alicyclic amines) is 1. The van der Waals surface area contributed by atoms with Gasteiger partial charge in [0.05, 0.1) is 21.0 Å². The molecular weight excluding hydrogens is 465 g/mol. The number of halogens is 2. The molecule has 1 atom stereocenters. The molecule has 1 fully saturated rings. The van der Waals surface area contributed by atoms with Crippen molar-refractivity contribution in [2.75, 3.05) is 13.1 Å². The third-order valence-electron chi connectivity index (χ3n) is 7.88. The number of fused-ring (bicyclic) bond motifs is 1. The fourth-order valence-corrected chi connectivity index (χ4v) is 6.46. The summed E-state index contributed by atoms with van der Waals surface area (Å²) >= 11 is 3.36. The van der Waals surface area contributed by atoms with Gasteiger partial charge < -0.3 is 4.98 Å². The summed E-state index contributed by atoms with van der Waals surface area (Å²) in [6.45, 7) is 11.5. The van der Waals surface area contributed by atoms with E-state index in [4.69, 9.17) is 4.98 Å². The van der Waals surface area contributed by atoms with E-state index in [0.29, 0.717) is 4.47 Å². The van der Waals surface area contributed by atoms with Gasteiger partial charge in [-0.15, -0.1) is 0 Å². The van der Waals surface area contributed by atoms with Crippen LogP contribution < -0.4 is 0 Å². The first-order valence-electron chi connectivity index (χ1n) is 13.1. The third kappa shape index (κ3) is 4.80. The van der Waals surface area contributed by atoms with Crippen molar-refractivity contribution in [3.8, 4) is 0 Å². The number of nitrogens with one attached hydrogen (secondary N) is 1. The maximum absolute atomic E-state index is 14.4. The molecule has 1 saturated heterocycles. The molecule has 1 aliphatic rings. The molecule has 0 bridgehead atoms. The average molecular weight is 509 g/mol. The molecule has 180 valence electrons.